The molecule has 0 radical (unpaired) electrons. The van der Waals surface area contributed by atoms with Crippen molar-refractivity contribution >= 4 is 17.5 Å². The number of hydroxylamine groups is 1. The van der Waals surface area contributed by atoms with Gasteiger partial charge in [0.1, 0.15) is 12.0 Å². The summed E-state index contributed by atoms with van der Waals surface area (Å²) in [4.78, 5) is 16.7. The molecule has 0 aliphatic heterocycles. The minimum atomic E-state index is -0.362. The molecule has 0 unspecified atom stereocenters. The lowest BCUT2D eigenvalue weighted by Crippen LogP contribution is -2.27. The average Bonchev–Trinajstić information content (AvgIpc) is 2.49. The van der Waals surface area contributed by atoms with Crippen LogP contribution in [0.3, 0.4) is 0 Å². The van der Waals surface area contributed by atoms with Gasteiger partial charge in [-0.05, 0) is 11.1 Å². The van der Waals surface area contributed by atoms with Crippen LogP contribution in [0.15, 0.2) is 60.7 Å². The van der Waals surface area contributed by atoms with Crippen molar-refractivity contribution in [3.63, 3.8) is 0 Å². The summed E-state index contributed by atoms with van der Waals surface area (Å²) in [5, 5.41) is 0. The lowest BCUT2D eigenvalue weighted by atomic mass is 10.0. The highest BCUT2D eigenvalue weighted by Gasteiger charge is 2.15. The van der Waals surface area contributed by atoms with E-state index in [2.05, 4.69) is 5.48 Å². The number of carbonyl (C=O) groups excluding carboxylic acids is 1. The third kappa shape index (κ3) is 3.81. The lowest BCUT2D eigenvalue weighted by Gasteiger charge is -2.18. The molecule has 0 heterocycles. The predicted octanol–water partition coefficient (Wildman–Crippen LogP) is 3.06. The second-order valence-electron chi connectivity index (χ2n) is 3.98. The van der Waals surface area contributed by atoms with Crippen molar-refractivity contribution in [2.45, 2.75) is 6.10 Å². The molecule has 0 saturated carbocycles. The van der Waals surface area contributed by atoms with Crippen LogP contribution in [0.25, 0.3) is 0 Å². The first kappa shape index (κ1) is 13.6. The van der Waals surface area contributed by atoms with E-state index in [0.717, 1.165) is 11.1 Å². The Balaban J connectivity index is 2.21. The Morgan fingerprint density at radius 2 is 1.47 bits per heavy atom. The third-order valence-corrected chi connectivity index (χ3v) is 2.86. The van der Waals surface area contributed by atoms with Crippen LogP contribution in [0, 0.1) is 0 Å². The summed E-state index contributed by atoms with van der Waals surface area (Å²) in [6, 6.07) is 19.4. The van der Waals surface area contributed by atoms with Crippen molar-refractivity contribution in [1.82, 2.24) is 5.48 Å². The van der Waals surface area contributed by atoms with E-state index >= 15 is 0 Å². The Morgan fingerprint density at radius 3 is 1.89 bits per heavy atom. The third-order valence-electron chi connectivity index (χ3n) is 2.62. The van der Waals surface area contributed by atoms with Gasteiger partial charge in [-0.15, -0.1) is 11.6 Å². The average molecular weight is 276 g/mol. The minimum Gasteiger partial charge on any atom is -0.271 e. The molecule has 0 atom stereocenters. The number of alkyl halides is 1. The fourth-order valence-corrected chi connectivity index (χ4v) is 1.79. The first-order chi connectivity index (χ1) is 9.31. The van der Waals surface area contributed by atoms with Crippen molar-refractivity contribution in [2.75, 3.05) is 5.88 Å². The summed E-state index contributed by atoms with van der Waals surface area (Å²) in [6.45, 7) is 0. The Kier molecular flexibility index (Phi) is 4.95. The molecule has 0 saturated heterocycles. The van der Waals surface area contributed by atoms with Crippen molar-refractivity contribution in [3.8, 4) is 0 Å². The van der Waals surface area contributed by atoms with E-state index in [1.54, 1.807) is 0 Å². The minimum absolute atomic E-state index is 0.129. The smallest absolute Gasteiger partial charge is 0.258 e. The zero-order valence-electron chi connectivity index (χ0n) is 10.3. The number of carbonyl (C=O) groups is 1. The number of nitrogens with one attached hydrogen (secondary N) is 1. The molecule has 0 bridgehead atoms. The van der Waals surface area contributed by atoms with Crippen molar-refractivity contribution in [1.29, 1.82) is 0 Å². The van der Waals surface area contributed by atoms with Gasteiger partial charge in [0.25, 0.3) is 5.91 Å². The van der Waals surface area contributed by atoms with E-state index in [1.807, 2.05) is 60.7 Å². The van der Waals surface area contributed by atoms with Gasteiger partial charge in [0.15, 0.2) is 0 Å². The molecule has 1 N–H and O–H groups in total. The molecule has 0 aliphatic carbocycles. The predicted molar refractivity (Wildman–Crippen MR) is 74.7 cm³/mol. The SMILES string of the molecule is O=C(CCl)NOC(c1ccccc1)c1ccccc1. The van der Waals surface area contributed by atoms with Crippen LogP contribution in [-0.2, 0) is 9.63 Å². The Bertz CT molecular complexity index is 477. The summed E-state index contributed by atoms with van der Waals surface area (Å²) >= 11 is 5.44. The van der Waals surface area contributed by atoms with Gasteiger partial charge < -0.3 is 0 Å². The van der Waals surface area contributed by atoms with E-state index < -0.39 is 0 Å². The van der Waals surface area contributed by atoms with E-state index in [1.165, 1.54) is 0 Å². The van der Waals surface area contributed by atoms with E-state index in [-0.39, 0.29) is 17.9 Å². The van der Waals surface area contributed by atoms with Gasteiger partial charge in [0, 0.05) is 0 Å². The molecule has 3 nitrogen and oxygen atoms in total. The maximum Gasteiger partial charge on any atom is 0.258 e. The van der Waals surface area contributed by atoms with Gasteiger partial charge in [-0.2, -0.15) is 0 Å². The molecule has 0 spiro atoms. The summed E-state index contributed by atoms with van der Waals surface area (Å²) in [5.74, 6) is -0.491. The summed E-state index contributed by atoms with van der Waals surface area (Å²) in [7, 11) is 0. The highest BCUT2D eigenvalue weighted by molar-refractivity contribution is 6.27. The standard InChI is InChI=1S/C15H14ClNO2/c16-11-14(18)17-19-15(12-7-3-1-4-8-12)13-9-5-2-6-10-13/h1-10,15H,11H2,(H,17,18). The fraction of sp³-hybridized carbons (Fsp3) is 0.133. The molecule has 2 aromatic carbocycles. The molecule has 2 rings (SSSR count). The van der Waals surface area contributed by atoms with Crippen LogP contribution in [0.5, 0.6) is 0 Å². The number of hydrogen-bond donors (Lipinski definition) is 1. The van der Waals surface area contributed by atoms with Crippen LogP contribution >= 0.6 is 11.6 Å². The first-order valence-electron chi connectivity index (χ1n) is 5.91. The van der Waals surface area contributed by atoms with Crippen molar-refractivity contribution in [3.05, 3.63) is 71.8 Å². The lowest BCUT2D eigenvalue weighted by molar-refractivity contribution is -0.134. The monoisotopic (exact) mass is 275 g/mol. The molecule has 2 aromatic rings. The second kappa shape index (κ2) is 6.92. The number of amides is 1. The first-order valence-corrected chi connectivity index (χ1v) is 6.45. The molecular formula is C15H14ClNO2. The normalized spacial score (nSPS) is 10.4. The van der Waals surface area contributed by atoms with Crippen molar-refractivity contribution in [2.24, 2.45) is 0 Å². The van der Waals surface area contributed by atoms with Gasteiger partial charge in [-0.1, -0.05) is 60.7 Å². The highest BCUT2D eigenvalue weighted by atomic mass is 35.5. The molecule has 0 fully saturated rings. The topological polar surface area (TPSA) is 38.3 Å². The fourth-order valence-electron chi connectivity index (χ4n) is 1.74. The number of rotatable bonds is 5. The number of halogens is 1. The zero-order valence-corrected chi connectivity index (χ0v) is 11.0. The maximum absolute atomic E-state index is 11.2. The zero-order chi connectivity index (χ0) is 13.5. The number of benzene rings is 2. The molecule has 1 amide bonds. The van der Waals surface area contributed by atoms with Gasteiger partial charge in [-0.3, -0.25) is 9.63 Å². The molecule has 4 heteroatoms. The highest BCUT2D eigenvalue weighted by Crippen LogP contribution is 2.24. The molecule has 0 aliphatic rings. The van der Waals surface area contributed by atoms with Gasteiger partial charge in [0.2, 0.25) is 0 Å². The Morgan fingerprint density at radius 1 is 1.00 bits per heavy atom. The molecule has 19 heavy (non-hydrogen) atoms. The largest absolute Gasteiger partial charge is 0.271 e. The maximum atomic E-state index is 11.2. The molecule has 0 aromatic heterocycles. The second-order valence-corrected chi connectivity index (χ2v) is 4.25. The van der Waals surface area contributed by atoms with E-state index in [4.69, 9.17) is 16.4 Å². The Labute approximate surface area is 117 Å². The van der Waals surface area contributed by atoms with E-state index in [0.29, 0.717) is 0 Å². The van der Waals surface area contributed by atoms with Crippen LogP contribution < -0.4 is 5.48 Å². The summed E-state index contributed by atoms with van der Waals surface area (Å²) in [5.41, 5.74) is 4.28. The summed E-state index contributed by atoms with van der Waals surface area (Å²) < 4.78 is 0. The molecule has 98 valence electrons. The number of hydrogen-bond acceptors (Lipinski definition) is 2. The van der Waals surface area contributed by atoms with Crippen molar-refractivity contribution < 1.29 is 9.63 Å². The van der Waals surface area contributed by atoms with Crippen LogP contribution in [-0.4, -0.2) is 11.8 Å². The van der Waals surface area contributed by atoms with Crippen LogP contribution in [0.4, 0.5) is 0 Å². The van der Waals surface area contributed by atoms with Crippen LogP contribution in [0.1, 0.15) is 17.2 Å². The molecular weight excluding hydrogens is 262 g/mol. The van der Waals surface area contributed by atoms with E-state index in [9.17, 15) is 4.79 Å². The quantitative estimate of drug-likeness (QED) is 0.673. The Hall–Kier alpha value is -1.84. The summed E-state index contributed by atoms with van der Waals surface area (Å²) in [6.07, 6.45) is -0.352. The van der Waals surface area contributed by atoms with Gasteiger partial charge in [0.05, 0.1) is 0 Å². The van der Waals surface area contributed by atoms with Gasteiger partial charge >= 0.3 is 0 Å². The van der Waals surface area contributed by atoms with Crippen LogP contribution in [0.2, 0.25) is 0 Å². The van der Waals surface area contributed by atoms with Gasteiger partial charge in [-0.25, -0.2) is 5.48 Å².